The fourth-order valence-electron chi connectivity index (χ4n) is 3.23. The minimum absolute atomic E-state index is 0.00524. The Labute approximate surface area is 164 Å². The third-order valence-electron chi connectivity index (χ3n) is 4.59. The van der Waals surface area contributed by atoms with Crippen molar-refractivity contribution >= 4 is 11.7 Å². The number of carbonyl (C=O) groups excluding carboxylic acids is 2. The average Bonchev–Trinajstić information content (AvgIpc) is 3.17. The molecule has 0 aliphatic rings. The molecule has 1 aromatic heterocycles. The maximum absolute atomic E-state index is 12.8. The largest absolute Gasteiger partial charge is 0.342 e. The molecule has 0 fully saturated rings. The summed E-state index contributed by atoms with van der Waals surface area (Å²) in [7, 11) is 0. The number of aryl methyl sites for hydroxylation is 1. The van der Waals surface area contributed by atoms with Crippen LogP contribution in [0.15, 0.2) is 54.9 Å². The molecule has 0 radical (unpaired) electrons. The molecule has 1 atom stereocenters. The number of amides is 1. The smallest absolute Gasteiger partial charge is 0.251 e. The molecule has 28 heavy (non-hydrogen) atoms. The summed E-state index contributed by atoms with van der Waals surface area (Å²) in [6.07, 6.45) is 2.64. The topological polar surface area (TPSA) is 76.9 Å². The second-order valence-electron chi connectivity index (χ2n) is 6.76. The maximum atomic E-state index is 12.8. The van der Waals surface area contributed by atoms with Crippen molar-refractivity contribution in [2.24, 2.45) is 0 Å². The van der Waals surface area contributed by atoms with Gasteiger partial charge in [-0.2, -0.15) is 0 Å². The number of hydrogen-bond donors (Lipinski definition) is 1. The van der Waals surface area contributed by atoms with Crippen molar-refractivity contribution in [3.63, 3.8) is 0 Å². The number of benzene rings is 2. The van der Waals surface area contributed by atoms with E-state index in [4.69, 9.17) is 0 Å². The van der Waals surface area contributed by atoms with Crippen LogP contribution in [0, 0.1) is 0 Å². The summed E-state index contributed by atoms with van der Waals surface area (Å²) in [6, 6.07) is 14.4. The fraction of sp³-hybridized carbons (Fsp3) is 0.273. The van der Waals surface area contributed by atoms with Crippen LogP contribution in [0.4, 0.5) is 0 Å². The minimum Gasteiger partial charge on any atom is -0.342 e. The lowest BCUT2D eigenvalue weighted by molar-refractivity contribution is 0.0937. The number of Topliss-reactive ketones (excluding diaryl/α,β-unsaturated/α-hetero) is 1. The predicted octanol–water partition coefficient (Wildman–Crippen LogP) is 4.05. The molecular weight excluding hydrogens is 352 g/mol. The molecule has 1 N–H and O–H groups in total. The predicted molar refractivity (Wildman–Crippen MR) is 108 cm³/mol. The Morgan fingerprint density at radius 2 is 1.93 bits per heavy atom. The summed E-state index contributed by atoms with van der Waals surface area (Å²) in [5.74, 6) is 0.531. The van der Waals surface area contributed by atoms with Crippen LogP contribution in [0.5, 0.6) is 0 Å². The van der Waals surface area contributed by atoms with E-state index in [0.717, 1.165) is 29.9 Å². The van der Waals surface area contributed by atoms with Crippen LogP contribution in [0.25, 0.3) is 11.1 Å². The Kier molecular flexibility index (Phi) is 5.99. The molecule has 3 aromatic rings. The Balaban J connectivity index is 1.83. The SMILES string of the molecule is CCCn1cnnc1[C@H](C)NC(=O)c1cccc(-c2ccccc2C(C)=O)c1. The van der Waals surface area contributed by atoms with Crippen molar-refractivity contribution in [3.05, 3.63) is 71.8 Å². The van der Waals surface area contributed by atoms with Gasteiger partial charge < -0.3 is 9.88 Å². The Hall–Kier alpha value is -3.28. The molecule has 144 valence electrons. The van der Waals surface area contributed by atoms with Crippen LogP contribution in [-0.2, 0) is 6.54 Å². The first-order valence-electron chi connectivity index (χ1n) is 9.40. The van der Waals surface area contributed by atoms with Gasteiger partial charge in [0, 0.05) is 17.7 Å². The van der Waals surface area contributed by atoms with Crippen LogP contribution in [0.2, 0.25) is 0 Å². The summed E-state index contributed by atoms with van der Waals surface area (Å²) < 4.78 is 1.95. The lowest BCUT2D eigenvalue weighted by atomic mass is 9.96. The van der Waals surface area contributed by atoms with Gasteiger partial charge in [-0.15, -0.1) is 10.2 Å². The first-order chi connectivity index (χ1) is 13.5. The van der Waals surface area contributed by atoms with Crippen molar-refractivity contribution in [2.45, 2.75) is 39.8 Å². The van der Waals surface area contributed by atoms with Crippen molar-refractivity contribution in [3.8, 4) is 11.1 Å². The molecule has 0 saturated heterocycles. The summed E-state index contributed by atoms with van der Waals surface area (Å²) >= 11 is 0. The van der Waals surface area contributed by atoms with Gasteiger partial charge in [0.1, 0.15) is 6.33 Å². The number of hydrogen-bond acceptors (Lipinski definition) is 4. The van der Waals surface area contributed by atoms with Crippen LogP contribution < -0.4 is 5.32 Å². The second kappa shape index (κ2) is 8.61. The number of carbonyl (C=O) groups is 2. The highest BCUT2D eigenvalue weighted by molar-refractivity contribution is 6.02. The highest BCUT2D eigenvalue weighted by atomic mass is 16.1. The third kappa shape index (κ3) is 4.17. The molecule has 6 nitrogen and oxygen atoms in total. The standard InChI is InChI=1S/C22H24N4O2/c1-4-12-26-14-23-25-21(26)15(2)24-22(28)18-9-7-8-17(13-18)20-11-6-5-10-19(20)16(3)27/h5-11,13-15H,4,12H2,1-3H3,(H,24,28)/t15-/m0/s1. The molecule has 0 aliphatic heterocycles. The Bertz CT molecular complexity index is 993. The molecule has 1 heterocycles. The van der Waals surface area contributed by atoms with Crippen LogP contribution >= 0.6 is 0 Å². The van der Waals surface area contributed by atoms with Gasteiger partial charge in [0.25, 0.3) is 5.91 Å². The van der Waals surface area contributed by atoms with E-state index < -0.39 is 0 Å². The number of aromatic nitrogens is 3. The normalized spacial score (nSPS) is 11.8. The molecule has 0 unspecified atom stereocenters. The van der Waals surface area contributed by atoms with Gasteiger partial charge in [0.2, 0.25) is 0 Å². The molecule has 0 saturated carbocycles. The van der Waals surface area contributed by atoms with Crippen molar-refractivity contribution in [2.75, 3.05) is 0 Å². The van der Waals surface area contributed by atoms with Crippen molar-refractivity contribution < 1.29 is 9.59 Å². The molecule has 6 heteroatoms. The van der Waals surface area contributed by atoms with E-state index >= 15 is 0 Å². The van der Waals surface area contributed by atoms with Crippen LogP contribution in [0.3, 0.4) is 0 Å². The van der Waals surface area contributed by atoms with E-state index in [1.54, 1.807) is 31.5 Å². The van der Waals surface area contributed by atoms with Gasteiger partial charge >= 0.3 is 0 Å². The lowest BCUT2D eigenvalue weighted by Crippen LogP contribution is -2.28. The first-order valence-corrected chi connectivity index (χ1v) is 9.40. The van der Waals surface area contributed by atoms with E-state index in [1.165, 1.54) is 0 Å². The number of nitrogens with one attached hydrogen (secondary N) is 1. The van der Waals surface area contributed by atoms with Crippen LogP contribution in [0.1, 0.15) is 59.8 Å². The lowest BCUT2D eigenvalue weighted by Gasteiger charge is -2.15. The van der Waals surface area contributed by atoms with Crippen LogP contribution in [-0.4, -0.2) is 26.5 Å². The van der Waals surface area contributed by atoms with Gasteiger partial charge in [-0.1, -0.05) is 43.3 Å². The molecule has 0 aliphatic carbocycles. The molecular formula is C22H24N4O2. The van der Waals surface area contributed by atoms with Crippen molar-refractivity contribution in [1.29, 1.82) is 0 Å². The molecule has 1 amide bonds. The summed E-state index contributed by atoms with van der Waals surface area (Å²) in [5.41, 5.74) is 2.82. The van der Waals surface area contributed by atoms with Gasteiger partial charge in [-0.05, 0) is 43.5 Å². The zero-order chi connectivity index (χ0) is 20.1. The molecule has 0 spiro atoms. The molecule has 0 bridgehead atoms. The maximum Gasteiger partial charge on any atom is 0.251 e. The Morgan fingerprint density at radius 3 is 2.68 bits per heavy atom. The average molecular weight is 376 g/mol. The summed E-state index contributed by atoms with van der Waals surface area (Å²) in [4.78, 5) is 24.7. The van der Waals surface area contributed by atoms with Gasteiger partial charge in [0.15, 0.2) is 11.6 Å². The van der Waals surface area contributed by atoms with Crippen molar-refractivity contribution in [1.82, 2.24) is 20.1 Å². The van der Waals surface area contributed by atoms with E-state index in [1.807, 2.05) is 41.8 Å². The number of nitrogens with zero attached hydrogens (tertiary/aromatic N) is 3. The monoisotopic (exact) mass is 376 g/mol. The molecule has 3 rings (SSSR count). The van der Waals surface area contributed by atoms with Gasteiger partial charge in [-0.3, -0.25) is 9.59 Å². The highest BCUT2D eigenvalue weighted by Gasteiger charge is 2.17. The van der Waals surface area contributed by atoms with E-state index in [9.17, 15) is 9.59 Å². The first kappa shape index (κ1) is 19.5. The van der Waals surface area contributed by atoms with Gasteiger partial charge in [-0.25, -0.2) is 0 Å². The summed E-state index contributed by atoms with van der Waals surface area (Å²) in [5, 5.41) is 11.1. The zero-order valence-corrected chi connectivity index (χ0v) is 16.3. The molecule has 2 aromatic carbocycles. The summed E-state index contributed by atoms with van der Waals surface area (Å²) in [6.45, 7) is 6.32. The fourth-order valence-corrected chi connectivity index (χ4v) is 3.23. The van der Waals surface area contributed by atoms with E-state index in [2.05, 4.69) is 22.4 Å². The third-order valence-corrected chi connectivity index (χ3v) is 4.59. The Morgan fingerprint density at radius 1 is 1.14 bits per heavy atom. The quantitative estimate of drug-likeness (QED) is 0.631. The number of rotatable bonds is 7. The zero-order valence-electron chi connectivity index (χ0n) is 16.3. The highest BCUT2D eigenvalue weighted by Crippen LogP contribution is 2.25. The number of ketones is 1. The van der Waals surface area contributed by atoms with E-state index in [0.29, 0.717) is 11.1 Å². The van der Waals surface area contributed by atoms with Gasteiger partial charge in [0.05, 0.1) is 6.04 Å². The van der Waals surface area contributed by atoms with E-state index in [-0.39, 0.29) is 17.7 Å². The second-order valence-corrected chi connectivity index (χ2v) is 6.76. The minimum atomic E-state index is -0.269.